The second-order valence-electron chi connectivity index (χ2n) is 4.34. The van der Waals surface area contributed by atoms with Crippen molar-refractivity contribution >= 4 is 12.1 Å². The average molecular weight is 332 g/mol. The number of nitrogens with zero attached hydrogens (tertiary/aromatic N) is 1. The summed E-state index contributed by atoms with van der Waals surface area (Å²) in [5, 5.41) is 11.2. The third-order valence-corrected chi connectivity index (χ3v) is 2.62. The normalized spacial score (nSPS) is 12.0. The number of hydrogen-bond donors (Lipinski definition) is 2. The standard InChI is InChI=1S/C10H11NO4.C6H7N.C2H6/c1-15-10(14)11-8-5-3-2-4-7(6-8)9(12)13;1-6-4-2-3-5-7-6;1-2/h2-5H,6H2,1H3,(H,11,14)(H,12,13);2-5H,1H3;1-2H3. The van der Waals surface area contributed by atoms with Crippen molar-refractivity contribution in [1.82, 2.24) is 10.3 Å². The van der Waals surface area contributed by atoms with Crippen molar-refractivity contribution in [3.05, 3.63) is 65.7 Å². The fourth-order valence-corrected chi connectivity index (χ4v) is 1.53. The number of aliphatic carboxylic acids is 1. The molecule has 0 bridgehead atoms. The van der Waals surface area contributed by atoms with Gasteiger partial charge in [-0.1, -0.05) is 38.1 Å². The molecule has 0 aliphatic heterocycles. The smallest absolute Gasteiger partial charge is 0.411 e. The van der Waals surface area contributed by atoms with Crippen LogP contribution in [0.1, 0.15) is 26.0 Å². The van der Waals surface area contributed by atoms with E-state index in [1.54, 1.807) is 24.4 Å². The summed E-state index contributed by atoms with van der Waals surface area (Å²) in [5.74, 6) is -1.00. The third kappa shape index (κ3) is 9.19. The van der Waals surface area contributed by atoms with E-state index in [4.69, 9.17) is 5.11 Å². The van der Waals surface area contributed by atoms with Gasteiger partial charge in [0, 0.05) is 29.6 Å². The lowest BCUT2D eigenvalue weighted by Gasteiger charge is -2.07. The molecular formula is C18H24N2O4. The first-order valence-corrected chi connectivity index (χ1v) is 7.55. The van der Waals surface area contributed by atoms with Crippen LogP contribution in [-0.4, -0.2) is 29.3 Å². The maximum Gasteiger partial charge on any atom is 0.411 e. The fraction of sp³-hybridized carbons (Fsp3) is 0.278. The number of rotatable bonds is 2. The highest BCUT2D eigenvalue weighted by Crippen LogP contribution is 2.12. The van der Waals surface area contributed by atoms with Crippen LogP contribution in [0.4, 0.5) is 4.79 Å². The number of allylic oxidation sites excluding steroid dienone is 5. The van der Waals surface area contributed by atoms with Crippen LogP contribution in [0.3, 0.4) is 0 Å². The summed E-state index contributed by atoms with van der Waals surface area (Å²) >= 11 is 0. The van der Waals surface area contributed by atoms with Gasteiger partial charge < -0.3 is 9.84 Å². The predicted octanol–water partition coefficient (Wildman–Crippen LogP) is 3.61. The summed E-state index contributed by atoms with van der Waals surface area (Å²) in [4.78, 5) is 25.6. The van der Waals surface area contributed by atoms with Crippen LogP contribution in [-0.2, 0) is 9.53 Å². The molecule has 1 aliphatic rings. The fourth-order valence-electron chi connectivity index (χ4n) is 1.53. The molecule has 0 atom stereocenters. The van der Waals surface area contributed by atoms with E-state index in [1.807, 2.05) is 39.0 Å². The summed E-state index contributed by atoms with van der Waals surface area (Å²) < 4.78 is 4.41. The number of carboxylic acids is 1. The first-order chi connectivity index (χ1) is 11.5. The van der Waals surface area contributed by atoms with Crippen LogP contribution in [0.25, 0.3) is 0 Å². The van der Waals surface area contributed by atoms with Crippen molar-refractivity contribution < 1.29 is 19.4 Å². The molecule has 2 rings (SSSR count). The van der Waals surface area contributed by atoms with Crippen LogP contribution in [0.5, 0.6) is 0 Å². The summed E-state index contributed by atoms with van der Waals surface area (Å²) in [6, 6.07) is 5.86. The lowest BCUT2D eigenvalue weighted by atomic mass is 10.1. The van der Waals surface area contributed by atoms with Crippen molar-refractivity contribution in [2.75, 3.05) is 7.11 Å². The molecule has 0 aromatic carbocycles. The zero-order valence-electron chi connectivity index (χ0n) is 14.4. The van der Waals surface area contributed by atoms with Crippen molar-refractivity contribution in [2.45, 2.75) is 27.2 Å². The second-order valence-corrected chi connectivity index (χ2v) is 4.34. The van der Waals surface area contributed by atoms with Gasteiger partial charge >= 0.3 is 12.1 Å². The average Bonchev–Trinajstić information content (AvgIpc) is 2.83. The zero-order chi connectivity index (χ0) is 18.4. The summed E-state index contributed by atoms with van der Waals surface area (Å²) in [5.41, 5.74) is 1.78. The molecule has 1 amide bonds. The number of pyridine rings is 1. The maximum atomic E-state index is 10.9. The molecule has 0 spiro atoms. The molecule has 0 saturated carbocycles. The Morgan fingerprint density at radius 1 is 1.21 bits per heavy atom. The zero-order valence-corrected chi connectivity index (χ0v) is 14.4. The molecule has 6 heteroatoms. The van der Waals surface area contributed by atoms with E-state index in [2.05, 4.69) is 15.0 Å². The minimum Gasteiger partial charge on any atom is -0.478 e. The molecule has 24 heavy (non-hydrogen) atoms. The van der Waals surface area contributed by atoms with Crippen molar-refractivity contribution in [1.29, 1.82) is 0 Å². The second kappa shape index (κ2) is 12.6. The molecule has 2 N–H and O–H groups in total. The maximum absolute atomic E-state index is 10.9. The Bertz CT molecular complexity index is 605. The number of aryl methyl sites for hydroxylation is 1. The van der Waals surface area contributed by atoms with E-state index in [1.165, 1.54) is 13.2 Å². The van der Waals surface area contributed by atoms with Crippen LogP contribution < -0.4 is 5.32 Å². The Balaban J connectivity index is 0.000000488. The molecule has 1 heterocycles. The minimum absolute atomic E-state index is 0.164. The quantitative estimate of drug-likeness (QED) is 0.863. The van der Waals surface area contributed by atoms with Crippen LogP contribution in [0, 0.1) is 6.92 Å². The SMILES string of the molecule is CC.COC(=O)NC1=CC=CC=C(C(=O)O)C1.Cc1ccccn1. The molecule has 0 radical (unpaired) electrons. The topological polar surface area (TPSA) is 88.5 Å². The van der Waals surface area contributed by atoms with Crippen molar-refractivity contribution in [2.24, 2.45) is 0 Å². The molecule has 0 saturated heterocycles. The van der Waals surface area contributed by atoms with E-state index < -0.39 is 12.1 Å². The molecule has 6 nitrogen and oxygen atoms in total. The van der Waals surface area contributed by atoms with Crippen molar-refractivity contribution in [3.8, 4) is 0 Å². The number of hydrogen-bond acceptors (Lipinski definition) is 4. The van der Waals surface area contributed by atoms with Gasteiger partial charge in [-0.05, 0) is 25.1 Å². The monoisotopic (exact) mass is 332 g/mol. The van der Waals surface area contributed by atoms with E-state index in [0.29, 0.717) is 5.70 Å². The highest BCUT2D eigenvalue weighted by molar-refractivity contribution is 5.88. The Morgan fingerprint density at radius 3 is 2.33 bits per heavy atom. The molecule has 1 aromatic rings. The highest BCUT2D eigenvalue weighted by atomic mass is 16.5. The van der Waals surface area contributed by atoms with Crippen LogP contribution >= 0.6 is 0 Å². The Morgan fingerprint density at radius 2 is 1.88 bits per heavy atom. The third-order valence-electron chi connectivity index (χ3n) is 2.62. The Hall–Kier alpha value is -2.89. The number of carbonyl (C=O) groups is 2. The van der Waals surface area contributed by atoms with E-state index in [0.717, 1.165) is 5.69 Å². The first-order valence-electron chi connectivity index (χ1n) is 7.55. The number of aromatic nitrogens is 1. The highest BCUT2D eigenvalue weighted by Gasteiger charge is 2.12. The van der Waals surface area contributed by atoms with E-state index >= 15 is 0 Å². The van der Waals surface area contributed by atoms with Crippen LogP contribution in [0.2, 0.25) is 0 Å². The molecular weight excluding hydrogens is 308 g/mol. The van der Waals surface area contributed by atoms with Crippen LogP contribution in [0.15, 0.2) is 60.0 Å². The summed E-state index contributed by atoms with van der Waals surface area (Å²) in [7, 11) is 1.25. The number of ether oxygens (including phenoxy) is 1. The number of alkyl carbamates (subject to hydrolysis) is 1. The predicted molar refractivity (Wildman–Crippen MR) is 93.4 cm³/mol. The van der Waals surface area contributed by atoms with Crippen molar-refractivity contribution in [3.63, 3.8) is 0 Å². The van der Waals surface area contributed by atoms with Gasteiger partial charge in [0.25, 0.3) is 0 Å². The van der Waals surface area contributed by atoms with Gasteiger partial charge in [-0.2, -0.15) is 0 Å². The molecule has 0 unspecified atom stereocenters. The number of amides is 1. The van der Waals surface area contributed by atoms with Gasteiger partial charge in [0.15, 0.2) is 0 Å². The number of carboxylic acid groups (broad SMARTS) is 1. The Labute approximate surface area is 142 Å². The largest absolute Gasteiger partial charge is 0.478 e. The van der Waals surface area contributed by atoms with E-state index in [9.17, 15) is 9.59 Å². The van der Waals surface area contributed by atoms with Gasteiger partial charge in [-0.3, -0.25) is 10.3 Å². The lowest BCUT2D eigenvalue weighted by molar-refractivity contribution is -0.132. The van der Waals surface area contributed by atoms with Gasteiger partial charge in [-0.25, -0.2) is 9.59 Å². The number of methoxy groups -OCH3 is 1. The number of nitrogens with one attached hydrogen (secondary N) is 1. The van der Waals surface area contributed by atoms with Gasteiger partial charge in [0.1, 0.15) is 0 Å². The Kier molecular flexibility index (Phi) is 11.1. The van der Waals surface area contributed by atoms with Gasteiger partial charge in [-0.15, -0.1) is 0 Å². The molecule has 1 aliphatic carbocycles. The minimum atomic E-state index is -1.00. The molecule has 0 fully saturated rings. The van der Waals surface area contributed by atoms with Gasteiger partial charge in [0.2, 0.25) is 0 Å². The lowest BCUT2D eigenvalue weighted by Crippen LogP contribution is -2.23. The molecule has 1 aromatic heterocycles. The van der Waals surface area contributed by atoms with E-state index in [-0.39, 0.29) is 12.0 Å². The number of carbonyl (C=O) groups excluding carboxylic acids is 1. The molecule has 130 valence electrons. The summed E-state index contributed by atoms with van der Waals surface area (Å²) in [6.45, 7) is 5.97. The summed E-state index contributed by atoms with van der Waals surface area (Å²) in [6.07, 6.45) is 7.72. The van der Waals surface area contributed by atoms with Gasteiger partial charge in [0.05, 0.1) is 7.11 Å². The first kappa shape index (κ1) is 21.1.